The Bertz CT molecular complexity index is 409. The molecular formula is C14H18N2. The van der Waals surface area contributed by atoms with E-state index in [2.05, 4.69) is 43.0 Å². The molecule has 0 spiro atoms. The van der Waals surface area contributed by atoms with Gasteiger partial charge in [0.15, 0.2) is 0 Å². The summed E-state index contributed by atoms with van der Waals surface area (Å²) in [6, 6.07) is 8.97. The van der Waals surface area contributed by atoms with Crippen LogP contribution in [0.4, 0.5) is 5.69 Å². The second-order valence-electron chi connectivity index (χ2n) is 4.68. The van der Waals surface area contributed by atoms with Gasteiger partial charge in [-0.05, 0) is 38.3 Å². The number of rotatable bonds is 1. The molecule has 2 rings (SSSR count). The van der Waals surface area contributed by atoms with Crippen molar-refractivity contribution in [3.8, 4) is 6.07 Å². The fourth-order valence-electron chi connectivity index (χ4n) is 2.41. The third-order valence-corrected chi connectivity index (χ3v) is 3.37. The Balaban J connectivity index is 2.12. The molecule has 0 N–H and O–H groups in total. The van der Waals surface area contributed by atoms with Crippen LogP contribution in [0.3, 0.4) is 0 Å². The lowest BCUT2D eigenvalue weighted by molar-refractivity contribution is 0.487. The van der Waals surface area contributed by atoms with Gasteiger partial charge in [0.05, 0.1) is 6.07 Å². The summed E-state index contributed by atoms with van der Waals surface area (Å²) in [5.41, 5.74) is 3.99. The van der Waals surface area contributed by atoms with E-state index in [1.54, 1.807) is 0 Å². The lowest BCUT2D eigenvalue weighted by Crippen LogP contribution is -2.33. The predicted octanol–water partition coefficient (Wildman–Crippen LogP) is 3.04. The molecule has 1 saturated heterocycles. The molecule has 0 aromatic heterocycles. The minimum Gasteiger partial charge on any atom is -0.371 e. The van der Waals surface area contributed by atoms with Gasteiger partial charge in [-0.15, -0.1) is 0 Å². The zero-order valence-electron chi connectivity index (χ0n) is 10.0. The zero-order valence-corrected chi connectivity index (χ0v) is 10.0. The second-order valence-corrected chi connectivity index (χ2v) is 4.68. The summed E-state index contributed by atoms with van der Waals surface area (Å²) in [5, 5.41) is 8.87. The molecule has 0 aliphatic carbocycles. The average molecular weight is 214 g/mol. The highest BCUT2D eigenvalue weighted by Gasteiger charge is 2.19. The van der Waals surface area contributed by atoms with E-state index in [0.29, 0.717) is 0 Å². The third kappa shape index (κ3) is 2.19. The average Bonchev–Trinajstić information content (AvgIpc) is 2.29. The normalized spacial score (nSPS) is 17.2. The maximum absolute atomic E-state index is 8.87. The molecule has 1 aliphatic heterocycles. The number of benzene rings is 1. The molecule has 16 heavy (non-hydrogen) atoms. The fourth-order valence-corrected chi connectivity index (χ4v) is 2.41. The molecule has 84 valence electrons. The van der Waals surface area contributed by atoms with Gasteiger partial charge >= 0.3 is 0 Å². The van der Waals surface area contributed by atoms with Crippen LogP contribution < -0.4 is 4.90 Å². The fraction of sp³-hybridized carbons (Fsp3) is 0.500. The highest BCUT2D eigenvalue weighted by atomic mass is 15.1. The summed E-state index contributed by atoms with van der Waals surface area (Å²) in [4.78, 5) is 2.41. The van der Waals surface area contributed by atoms with Gasteiger partial charge in [0.2, 0.25) is 0 Å². The summed E-state index contributed by atoms with van der Waals surface area (Å²) in [5.74, 6) is 0.266. The van der Waals surface area contributed by atoms with E-state index in [1.807, 2.05) is 0 Å². The summed E-state index contributed by atoms with van der Waals surface area (Å²) < 4.78 is 0. The van der Waals surface area contributed by atoms with Crippen molar-refractivity contribution in [1.82, 2.24) is 0 Å². The Morgan fingerprint density at radius 2 is 1.94 bits per heavy atom. The smallest absolute Gasteiger partial charge is 0.0657 e. The minimum absolute atomic E-state index is 0.266. The molecule has 1 aliphatic rings. The van der Waals surface area contributed by atoms with Gasteiger partial charge in [-0.25, -0.2) is 0 Å². The summed E-state index contributed by atoms with van der Waals surface area (Å²) in [6.07, 6.45) is 2.01. The monoisotopic (exact) mass is 214 g/mol. The molecule has 1 fully saturated rings. The molecule has 0 bridgehead atoms. The summed E-state index contributed by atoms with van der Waals surface area (Å²) in [6.45, 7) is 6.32. The number of hydrogen-bond acceptors (Lipinski definition) is 2. The highest BCUT2D eigenvalue weighted by molar-refractivity contribution is 5.54. The maximum atomic E-state index is 8.87. The van der Waals surface area contributed by atoms with Crippen LogP contribution in [-0.2, 0) is 0 Å². The number of piperidine rings is 1. The third-order valence-electron chi connectivity index (χ3n) is 3.37. The lowest BCUT2D eigenvalue weighted by Gasteiger charge is -2.32. The van der Waals surface area contributed by atoms with E-state index >= 15 is 0 Å². The predicted molar refractivity (Wildman–Crippen MR) is 66.5 cm³/mol. The SMILES string of the molecule is Cc1ccc(N2CCC(C#N)CC2)c(C)c1. The van der Waals surface area contributed by atoms with Crippen molar-refractivity contribution in [1.29, 1.82) is 5.26 Å². The summed E-state index contributed by atoms with van der Waals surface area (Å²) in [7, 11) is 0. The lowest BCUT2D eigenvalue weighted by atomic mass is 9.97. The molecule has 0 unspecified atom stereocenters. The van der Waals surface area contributed by atoms with Crippen LogP contribution in [0.5, 0.6) is 0 Å². The molecule has 1 aromatic carbocycles. The molecule has 0 saturated carbocycles. The molecule has 1 aromatic rings. The number of nitriles is 1. The van der Waals surface area contributed by atoms with E-state index in [4.69, 9.17) is 5.26 Å². The highest BCUT2D eigenvalue weighted by Crippen LogP contribution is 2.26. The quantitative estimate of drug-likeness (QED) is 0.718. The first-order valence-corrected chi connectivity index (χ1v) is 5.92. The van der Waals surface area contributed by atoms with E-state index in [1.165, 1.54) is 16.8 Å². The van der Waals surface area contributed by atoms with Gasteiger partial charge in [-0.3, -0.25) is 0 Å². The topological polar surface area (TPSA) is 27.0 Å². The van der Waals surface area contributed by atoms with Gasteiger partial charge in [0.1, 0.15) is 0 Å². The first-order valence-electron chi connectivity index (χ1n) is 5.92. The van der Waals surface area contributed by atoms with Gasteiger partial charge in [0.25, 0.3) is 0 Å². The number of nitrogens with zero attached hydrogens (tertiary/aromatic N) is 2. The van der Waals surface area contributed by atoms with E-state index in [-0.39, 0.29) is 5.92 Å². The van der Waals surface area contributed by atoms with Gasteiger partial charge in [-0.1, -0.05) is 17.7 Å². The van der Waals surface area contributed by atoms with Crippen molar-refractivity contribution in [2.75, 3.05) is 18.0 Å². The van der Waals surface area contributed by atoms with Crippen LogP contribution in [0.15, 0.2) is 18.2 Å². The van der Waals surface area contributed by atoms with Crippen LogP contribution in [0.1, 0.15) is 24.0 Å². The molecular weight excluding hydrogens is 196 g/mol. The van der Waals surface area contributed by atoms with Crippen molar-refractivity contribution < 1.29 is 0 Å². The van der Waals surface area contributed by atoms with Gasteiger partial charge < -0.3 is 4.90 Å². The molecule has 0 amide bonds. The number of anilines is 1. The Hall–Kier alpha value is -1.49. The van der Waals surface area contributed by atoms with Crippen molar-refractivity contribution >= 4 is 5.69 Å². The number of aryl methyl sites for hydroxylation is 2. The van der Waals surface area contributed by atoms with Crippen LogP contribution >= 0.6 is 0 Å². The van der Waals surface area contributed by atoms with Crippen molar-refractivity contribution in [3.05, 3.63) is 29.3 Å². The van der Waals surface area contributed by atoms with Crippen LogP contribution in [-0.4, -0.2) is 13.1 Å². The summed E-state index contributed by atoms with van der Waals surface area (Å²) >= 11 is 0. The minimum atomic E-state index is 0.266. The molecule has 0 atom stereocenters. The van der Waals surface area contributed by atoms with Gasteiger partial charge in [0, 0.05) is 24.7 Å². The molecule has 1 heterocycles. The standard InChI is InChI=1S/C14H18N2/c1-11-3-4-14(12(2)9-11)16-7-5-13(10-15)6-8-16/h3-4,9,13H,5-8H2,1-2H3. The van der Waals surface area contributed by atoms with Crippen LogP contribution in [0, 0.1) is 31.1 Å². The zero-order chi connectivity index (χ0) is 11.5. The van der Waals surface area contributed by atoms with Crippen LogP contribution in [0.2, 0.25) is 0 Å². The van der Waals surface area contributed by atoms with Crippen molar-refractivity contribution in [3.63, 3.8) is 0 Å². The van der Waals surface area contributed by atoms with Crippen molar-refractivity contribution in [2.45, 2.75) is 26.7 Å². The Morgan fingerprint density at radius 3 is 2.50 bits per heavy atom. The maximum Gasteiger partial charge on any atom is 0.0657 e. The van der Waals surface area contributed by atoms with E-state index in [0.717, 1.165) is 25.9 Å². The Kier molecular flexibility index (Phi) is 3.14. The van der Waals surface area contributed by atoms with E-state index < -0.39 is 0 Å². The Morgan fingerprint density at radius 1 is 1.25 bits per heavy atom. The van der Waals surface area contributed by atoms with Crippen LogP contribution in [0.25, 0.3) is 0 Å². The largest absolute Gasteiger partial charge is 0.371 e. The van der Waals surface area contributed by atoms with E-state index in [9.17, 15) is 0 Å². The molecule has 2 nitrogen and oxygen atoms in total. The number of hydrogen-bond donors (Lipinski definition) is 0. The van der Waals surface area contributed by atoms with Crippen molar-refractivity contribution in [2.24, 2.45) is 5.92 Å². The first kappa shape index (κ1) is 11.0. The Labute approximate surface area is 97.5 Å². The second kappa shape index (κ2) is 4.57. The first-order chi connectivity index (χ1) is 7.70. The van der Waals surface area contributed by atoms with Gasteiger partial charge in [-0.2, -0.15) is 5.26 Å². The molecule has 2 heteroatoms. The molecule has 0 radical (unpaired) electrons.